The third-order valence-corrected chi connectivity index (χ3v) is 3.49. The molecule has 0 spiro atoms. The molecule has 0 aliphatic rings. The van der Waals surface area contributed by atoms with Crippen LogP contribution in [0.25, 0.3) is 0 Å². The fourth-order valence-electron chi connectivity index (χ4n) is 2.18. The van der Waals surface area contributed by atoms with Crippen LogP contribution in [-0.4, -0.2) is 12.6 Å². The SMILES string of the molecule is C=CC(CCCCCCCC)C(C)C(=O)OCC. The molecule has 0 aromatic heterocycles. The predicted octanol–water partition coefficient (Wildman–Crippen LogP) is 4.74. The Hall–Kier alpha value is -0.790. The lowest BCUT2D eigenvalue weighted by molar-refractivity contribution is -0.148. The van der Waals surface area contributed by atoms with Gasteiger partial charge in [-0.1, -0.05) is 58.4 Å². The second kappa shape index (κ2) is 11.3. The van der Waals surface area contributed by atoms with E-state index < -0.39 is 0 Å². The molecule has 0 heterocycles. The molecular weight excluding hydrogens is 224 g/mol. The minimum atomic E-state index is -0.0895. The van der Waals surface area contributed by atoms with Gasteiger partial charge in [0.25, 0.3) is 0 Å². The summed E-state index contributed by atoms with van der Waals surface area (Å²) in [6.45, 7) is 10.3. The number of rotatable bonds is 11. The molecule has 0 bridgehead atoms. The van der Waals surface area contributed by atoms with Gasteiger partial charge in [0.05, 0.1) is 12.5 Å². The summed E-state index contributed by atoms with van der Waals surface area (Å²) in [5.41, 5.74) is 0. The van der Waals surface area contributed by atoms with Crippen molar-refractivity contribution < 1.29 is 9.53 Å². The van der Waals surface area contributed by atoms with Crippen molar-refractivity contribution in [1.29, 1.82) is 0 Å². The number of allylic oxidation sites excluding steroid dienone is 1. The van der Waals surface area contributed by atoms with Crippen molar-refractivity contribution in [3.05, 3.63) is 12.7 Å². The molecule has 0 radical (unpaired) electrons. The Bertz CT molecular complexity index is 223. The molecule has 0 saturated heterocycles. The van der Waals surface area contributed by atoms with Gasteiger partial charge in [0, 0.05) is 0 Å². The Morgan fingerprint density at radius 2 is 1.78 bits per heavy atom. The van der Waals surface area contributed by atoms with Gasteiger partial charge in [-0.2, -0.15) is 0 Å². The third-order valence-electron chi connectivity index (χ3n) is 3.49. The van der Waals surface area contributed by atoms with Gasteiger partial charge >= 0.3 is 5.97 Å². The van der Waals surface area contributed by atoms with Gasteiger partial charge in [-0.3, -0.25) is 4.79 Å². The van der Waals surface area contributed by atoms with E-state index in [2.05, 4.69) is 13.5 Å². The zero-order valence-corrected chi connectivity index (χ0v) is 12.4. The lowest BCUT2D eigenvalue weighted by Crippen LogP contribution is -2.22. The normalized spacial score (nSPS) is 13.9. The zero-order chi connectivity index (χ0) is 13.8. The van der Waals surface area contributed by atoms with E-state index in [9.17, 15) is 4.79 Å². The summed E-state index contributed by atoms with van der Waals surface area (Å²) in [6, 6.07) is 0. The van der Waals surface area contributed by atoms with Gasteiger partial charge in [0.1, 0.15) is 0 Å². The number of ether oxygens (including phenoxy) is 1. The second-order valence-electron chi connectivity index (χ2n) is 5.00. The maximum atomic E-state index is 11.6. The molecule has 18 heavy (non-hydrogen) atoms. The first-order valence-electron chi connectivity index (χ1n) is 7.46. The topological polar surface area (TPSA) is 26.3 Å². The molecule has 0 aliphatic carbocycles. The molecule has 0 rings (SSSR count). The fourth-order valence-corrected chi connectivity index (χ4v) is 2.18. The maximum Gasteiger partial charge on any atom is 0.309 e. The van der Waals surface area contributed by atoms with Gasteiger partial charge < -0.3 is 4.74 Å². The van der Waals surface area contributed by atoms with E-state index in [1.165, 1.54) is 38.5 Å². The standard InChI is InChI=1S/C16H30O2/c1-5-8-9-10-11-12-13-15(6-2)14(4)16(17)18-7-3/h6,14-15H,2,5,7-13H2,1,3-4H3. The summed E-state index contributed by atoms with van der Waals surface area (Å²) >= 11 is 0. The number of carbonyl (C=O) groups is 1. The highest BCUT2D eigenvalue weighted by molar-refractivity contribution is 5.72. The molecule has 0 aliphatic heterocycles. The third kappa shape index (κ3) is 7.52. The van der Waals surface area contributed by atoms with Crippen LogP contribution in [0.4, 0.5) is 0 Å². The summed E-state index contributed by atoms with van der Waals surface area (Å²) in [6.07, 6.45) is 10.7. The van der Waals surface area contributed by atoms with Crippen LogP contribution in [0.15, 0.2) is 12.7 Å². The van der Waals surface area contributed by atoms with Crippen LogP contribution in [0.5, 0.6) is 0 Å². The van der Waals surface area contributed by atoms with Gasteiger partial charge in [-0.15, -0.1) is 6.58 Å². The average Bonchev–Trinajstić information content (AvgIpc) is 2.37. The van der Waals surface area contributed by atoms with Crippen LogP contribution in [0.2, 0.25) is 0 Å². The van der Waals surface area contributed by atoms with Crippen LogP contribution in [-0.2, 0) is 9.53 Å². The van der Waals surface area contributed by atoms with E-state index >= 15 is 0 Å². The minimum absolute atomic E-state index is 0.0573. The van der Waals surface area contributed by atoms with Crippen LogP contribution >= 0.6 is 0 Å². The number of unbranched alkanes of at least 4 members (excludes halogenated alkanes) is 5. The van der Waals surface area contributed by atoms with Crippen molar-refractivity contribution in [3.63, 3.8) is 0 Å². The van der Waals surface area contributed by atoms with Crippen molar-refractivity contribution in [1.82, 2.24) is 0 Å². The molecule has 2 heteroatoms. The van der Waals surface area contributed by atoms with Crippen molar-refractivity contribution in [2.75, 3.05) is 6.61 Å². The van der Waals surface area contributed by atoms with Gasteiger partial charge in [-0.25, -0.2) is 0 Å². The first-order chi connectivity index (χ1) is 8.67. The molecule has 2 unspecified atom stereocenters. The molecular formula is C16H30O2. The van der Waals surface area contributed by atoms with E-state index in [4.69, 9.17) is 4.74 Å². The van der Waals surface area contributed by atoms with E-state index in [0.717, 1.165) is 6.42 Å². The summed E-state index contributed by atoms with van der Waals surface area (Å²) in [5.74, 6) is 0.113. The highest BCUT2D eigenvalue weighted by Gasteiger charge is 2.22. The molecule has 106 valence electrons. The van der Waals surface area contributed by atoms with E-state index in [1.54, 1.807) is 0 Å². The van der Waals surface area contributed by atoms with Crippen molar-refractivity contribution in [3.8, 4) is 0 Å². The van der Waals surface area contributed by atoms with E-state index in [-0.39, 0.29) is 17.8 Å². The molecule has 2 nitrogen and oxygen atoms in total. The fraction of sp³-hybridized carbons (Fsp3) is 0.812. The molecule has 0 aromatic carbocycles. The van der Waals surface area contributed by atoms with E-state index in [1.807, 2.05) is 19.9 Å². The summed E-state index contributed by atoms with van der Waals surface area (Å²) in [7, 11) is 0. The first-order valence-corrected chi connectivity index (χ1v) is 7.46. The van der Waals surface area contributed by atoms with Crippen LogP contribution in [0, 0.1) is 11.8 Å². The molecule has 0 amide bonds. The Labute approximate surface area is 113 Å². The van der Waals surface area contributed by atoms with Crippen LogP contribution in [0.1, 0.15) is 65.7 Å². The molecule has 0 saturated carbocycles. The molecule has 0 N–H and O–H groups in total. The van der Waals surface area contributed by atoms with E-state index in [0.29, 0.717) is 6.61 Å². The van der Waals surface area contributed by atoms with Crippen molar-refractivity contribution in [2.24, 2.45) is 11.8 Å². The monoisotopic (exact) mass is 254 g/mol. The first kappa shape index (κ1) is 17.2. The van der Waals surface area contributed by atoms with Crippen LogP contribution in [0.3, 0.4) is 0 Å². The van der Waals surface area contributed by atoms with Crippen molar-refractivity contribution in [2.45, 2.75) is 65.7 Å². The summed E-state index contributed by atoms with van der Waals surface area (Å²) < 4.78 is 5.06. The Kier molecular flexibility index (Phi) is 10.8. The van der Waals surface area contributed by atoms with Crippen LogP contribution < -0.4 is 0 Å². The number of esters is 1. The molecule has 2 atom stereocenters. The second-order valence-corrected chi connectivity index (χ2v) is 5.00. The molecule has 0 fully saturated rings. The number of hydrogen-bond acceptors (Lipinski definition) is 2. The lowest BCUT2D eigenvalue weighted by Gasteiger charge is -2.19. The highest BCUT2D eigenvalue weighted by atomic mass is 16.5. The Balaban J connectivity index is 3.81. The quantitative estimate of drug-likeness (QED) is 0.302. The van der Waals surface area contributed by atoms with Crippen molar-refractivity contribution >= 4 is 5.97 Å². The minimum Gasteiger partial charge on any atom is -0.466 e. The average molecular weight is 254 g/mol. The summed E-state index contributed by atoms with van der Waals surface area (Å²) in [4.78, 5) is 11.6. The van der Waals surface area contributed by atoms with Gasteiger partial charge in [-0.05, 0) is 19.3 Å². The van der Waals surface area contributed by atoms with Gasteiger partial charge in [0.2, 0.25) is 0 Å². The Morgan fingerprint density at radius 3 is 2.33 bits per heavy atom. The Morgan fingerprint density at radius 1 is 1.17 bits per heavy atom. The smallest absolute Gasteiger partial charge is 0.309 e. The number of carbonyl (C=O) groups excluding carboxylic acids is 1. The predicted molar refractivity (Wildman–Crippen MR) is 77.5 cm³/mol. The zero-order valence-electron chi connectivity index (χ0n) is 12.4. The maximum absolute atomic E-state index is 11.6. The molecule has 0 aromatic rings. The summed E-state index contributed by atoms with van der Waals surface area (Å²) in [5, 5.41) is 0. The highest BCUT2D eigenvalue weighted by Crippen LogP contribution is 2.22. The largest absolute Gasteiger partial charge is 0.466 e. The number of hydrogen-bond donors (Lipinski definition) is 0. The van der Waals surface area contributed by atoms with Gasteiger partial charge in [0.15, 0.2) is 0 Å². The lowest BCUT2D eigenvalue weighted by atomic mass is 9.89.